The summed E-state index contributed by atoms with van der Waals surface area (Å²) in [5, 5.41) is 9.36. The Labute approximate surface area is 204 Å². The van der Waals surface area contributed by atoms with Crippen LogP contribution in [0.25, 0.3) is 0 Å². The molecule has 0 fully saturated rings. The molecule has 29 heavy (non-hydrogen) atoms. The second kappa shape index (κ2) is 22.1. The summed E-state index contributed by atoms with van der Waals surface area (Å²) in [7, 11) is -4.13. The van der Waals surface area contributed by atoms with Gasteiger partial charge in [0.2, 0.25) is 0 Å². The minimum atomic E-state index is -4.13. The standard InChI is InChI=1S/C23H48O4S.Na/c1-3-5-6-7-9-12-15-19-22(24)20-16-13-10-8-11-14-17-21-23(18-4-2)28(25,26)27;/h22-24H,3-21H2,1-2H3,(H,25,26,27);/q;+1/p-1. The Bertz CT molecular complexity index is 429. The van der Waals surface area contributed by atoms with E-state index < -0.39 is 15.4 Å². The first kappa shape index (κ1) is 32.1. The molecule has 0 aromatic heterocycles. The van der Waals surface area contributed by atoms with Crippen molar-refractivity contribution in [1.29, 1.82) is 0 Å². The summed E-state index contributed by atoms with van der Waals surface area (Å²) in [4.78, 5) is 0. The van der Waals surface area contributed by atoms with Crippen LogP contribution in [0.5, 0.6) is 0 Å². The topological polar surface area (TPSA) is 77.4 Å². The van der Waals surface area contributed by atoms with Crippen molar-refractivity contribution in [2.24, 2.45) is 0 Å². The molecule has 6 heteroatoms. The third kappa shape index (κ3) is 21.9. The fourth-order valence-corrected chi connectivity index (χ4v) is 4.85. The zero-order chi connectivity index (χ0) is 21.1. The SMILES string of the molecule is CCCCCCCCCC(O)CCCCCCCCCC(CCC)S(=O)(=O)[O-].[Na+]. The second-order valence-electron chi connectivity index (χ2n) is 8.52. The number of aliphatic hydroxyl groups excluding tert-OH is 1. The van der Waals surface area contributed by atoms with Gasteiger partial charge in [-0.3, -0.25) is 0 Å². The molecule has 0 aliphatic rings. The summed E-state index contributed by atoms with van der Waals surface area (Å²) in [6, 6.07) is 0. The maximum Gasteiger partial charge on any atom is 1.00 e. The molecular weight excluding hydrogens is 395 g/mol. The molecule has 0 rings (SSSR count). The van der Waals surface area contributed by atoms with Crippen LogP contribution in [-0.4, -0.2) is 29.4 Å². The van der Waals surface area contributed by atoms with Crippen LogP contribution in [0.3, 0.4) is 0 Å². The maximum atomic E-state index is 11.2. The number of hydrogen-bond donors (Lipinski definition) is 1. The number of aliphatic hydroxyl groups is 1. The van der Waals surface area contributed by atoms with Gasteiger partial charge in [0.1, 0.15) is 0 Å². The van der Waals surface area contributed by atoms with E-state index >= 15 is 0 Å². The summed E-state index contributed by atoms with van der Waals surface area (Å²) < 4.78 is 33.5. The van der Waals surface area contributed by atoms with Gasteiger partial charge in [-0.05, 0) is 25.7 Å². The van der Waals surface area contributed by atoms with Gasteiger partial charge >= 0.3 is 29.6 Å². The molecule has 2 unspecified atom stereocenters. The fourth-order valence-electron chi connectivity index (χ4n) is 3.87. The van der Waals surface area contributed by atoms with Crippen LogP contribution in [0, 0.1) is 0 Å². The van der Waals surface area contributed by atoms with Crippen LogP contribution in [0.1, 0.15) is 136 Å². The minimum absolute atomic E-state index is 0. The van der Waals surface area contributed by atoms with Crippen molar-refractivity contribution in [2.75, 3.05) is 0 Å². The molecule has 0 aliphatic carbocycles. The van der Waals surface area contributed by atoms with Crippen LogP contribution in [0.15, 0.2) is 0 Å². The van der Waals surface area contributed by atoms with Gasteiger partial charge in [0.05, 0.1) is 16.2 Å². The normalized spacial score (nSPS) is 13.8. The third-order valence-corrected chi connectivity index (χ3v) is 7.01. The Hall–Kier alpha value is 0.870. The monoisotopic (exact) mass is 442 g/mol. The van der Waals surface area contributed by atoms with E-state index in [-0.39, 0.29) is 35.7 Å². The van der Waals surface area contributed by atoms with Crippen molar-refractivity contribution in [1.82, 2.24) is 0 Å². The van der Waals surface area contributed by atoms with Gasteiger partial charge in [0.15, 0.2) is 0 Å². The number of rotatable bonds is 21. The van der Waals surface area contributed by atoms with Crippen molar-refractivity contribution in [2.45, 2.75) is 147 Å². The van der Waals surface area contributed by atoms with Gasteiger partial charge in [-0.2, -0.15) is 0 Å². The number of hydrogen-bond acceptors (Lipinski definition) is 4. The Kier molecular flexibility index (Phi) is 24.4. The smallest absolute Gasteiger partial charge is 0.748 e. The first-order valence-electron chi connectivity index (χ1n) is 12.0. The van der Waals surface area contributed by atoms with E-state index in [0.717, 1.165) is 57.8 Å². The summed E-state index contributed by atoms with van der Waals surface area (Å²) in [6.45, 7) is 4.16. The molecular formula is C23H47NaO4S. The van der Waals surface area contributed by atoms with Gasteiger partial charge < -0.3 is 9.66 Å². The molecule has 0 aliphatic heterocycles. The quantitative estimate of drug-likeness (QED) is 0.167. The molecule has 0 heterocycles. The van der Waals surface area contributed by atoms with E-state index in [0.29, 0.717) is 12.8 Å². The van der Waals surface area contributed by atoms with E-state index in [1.165, 1.54) is 51.4 Å². The van der Waals surface area contributed by atoms with Crippen LogP contribution in [0.2, 0.25) is 0 Å². The molecule has 0 saturated heterocycles. The van der Waals surface area contributed by atoms with Gasteiger partial charge in [0, 0.05) is 5.25 Å². The van der Waals surface area contributed by atoms with Crippen LogP contribution >= 0.6 is 0 Å². The molecule has 0 amide bonds. The predicted octanol–water partition coefficient (Wildman–Crippen LogP) is 3.72. The first-order valence-corrected chi connectivity index (χ1v) is 13.5. The van der Waals surface area contributed by atoms with Crippen LogP contribution < -0.4 is 29.6 Å². The molecule has 0 bridgehead atoms. The van der Waals surface area contributed by atoms with Crippen molar-refractivity contribution in [3.8, 4) is 0 Å². The molecule has 1 N–H and O–H groups in total. The van der Waals surface area contributed by atoms with E-state index in [9.17, 15) is 18.1 Å². The molecule has 0 radical (unpaired) electrons. The Morgan fingerprint density at radius 3 is 1.38 bits per heavy atom. The van der Waals surface area contributed by atoms with E-state index in [2.05, 4.69) is 6.92 Å². The largest absolute Gasteiger partial charge is 1.00 e. The molecule has 4 nitrogen and oxygen atoms in total. The van der Waals surface area contributed by atoms with Gasteiger partial charge in [-0.25, -0.2) is 8.42 Å². The van der Waals surface area contributed by atoms with Gasteiger partial charge in [-0.1, -0.05) is 110 Å². The molecule has 2 atom stereocenters. The molecule has 0 saturated carbocycles. The average molecular weight is 443 g/mol. The Morgan fingerprint density at radius 2 is 1.00 bits per heavy atom. The Balaban J connectivity index is 0. The van der Waals surface area contributed by atoms with Gasteiger partial charge in [0.25, 0.3) is 0 Å². The van der Waals surface area contributed by atoms with Crippen molar-refractivity contribution < 1.29 is 47.6 Å². The third-order valence-electron chi connectivity index (χ3n) is 5.72. The van der Waals surface area contributed by atoms with Crippen molar-refractivity contribution in [3.05, 3.63) is 0 Å². The molecule has 0 aromatic carbocycles. The molecule has 0 aromatic rings. The minimum Gasteiger partial charge on any atom is -0.748 e. The van der Waals surface area contributed by atoms with Gasteiger partial charge in [-0.15, -0.1) is 0 Å². The molecule has 170 valence electrons. The van der Waals surface area contributed by atoms with Crippen LogP contribution in [0.4, 0.5) is 0 Å². The second-order valence-corrected chi connectivity index (χ2v) is 10.2. The Morgan fingerprint density at radius 1 is 0.621 bits per heavy atom. The summed E-state index contributed by atoms with van der Waals surface area (Å²) in [5.74, 6) is 0. The summed E-state index contributed by atoms with van der Waals surface area (Å²) >= 11 is 0. The van der Waals surface area contributed by atoms with Crippen LogP contribution in [-0.2, 0) is 10.1 Å². The van der Waals surface area contributed by atoms with E-state index in [1.807, 2.05) is 6.92 Å². The fraction of sp³-hybridized carbons (Fsp3) is 1.00. The summed E-state index contributed by atoms with van der Waals surface area (Å²) in [6.07, 6.45) is 20.2. The average Bonchev–Trinajstić information content (AvgIpc) is 2.64. The van der Waals surface area contributed by atoms with Crippen molar-refractivity contribution in [3.63, 3.8) is 0 Å². The van der Waals surface area contributed by atoms with E-state index in [4.69, 9.17) is 0 Å². The zero-order valence-corrected chi connectivity index (χ0v) is 22.5. The predicted molar refractivity (Wildman–Crippen MR) is 119 cm³/mol. The number of unbranched alkanes of at least 4 members (excludes halogenated alkanes) is 12. The molecule has 0 spiro atoms. The summed E-state index contributed by atoms with van der Waals surface area (Å²) in [5.41, 5.74) is 0. The van der Waals surface area contributed by atoms with Crippen molar-refractivity contribution >= 4 is 10.1 Å². The van der Waals surface area contributed by atoms with E-state index in [1.54, 1.807) is 0 Å². The first-order chi connectivity index (χ1) is 13.4. The maximum absolute atomic E-state index is 11.2. The zero-order valence-electron chi connectivity index (χ0n) is 19.7.